The molecule has 0 unspecified atom stereocenters. The molecular weight excluding hydrogens is 154 g/mol. The number of nitrogens with one attached hydrogen (secondary N) is 2. The Hall–Kier alpha value is -0.870. The Kier molecular flexibility index (Phi) is 4.54. The van der Waals surface area contributed by atoms with Gasteiger partial charge in [-0.25, -0.2) is 16.0 Å². The maximum absolute atomic E-state index is 11.4. The Morgan fingerprint density at radius 2 is 1.75 bits per heavy atom. The number of hydrazine groups is 2. The first-order valence-corrected chi connectivity index (χ1v) is 3.92. The van der Waals surface area contributed by atoms with Gasteiger partial charge in [-0.3, -0.25) is 4.79 Å². The van der Waals surface area contributed by atoms with Crippen molar-refractivity contribution in [2.75, 3.05) is 14.1 Å². The zero-order valence-corrected chi connectivity index (χ0v) is 8.14. The van der Waals surface area contributed by atoms with E-state index in [-0.39, 0.29) is 11.8 Å². The molecule has 0 aromatic rings. The van der Waals surface area contributed by atoms with E-state index in [1.54, 1.807) is 14.1 Å². The minimum absolute atomic E-state index is 0.130. The van der Waals surface area contributed by atoms with Crippen molar-refractivity contribution in [3.63, 3.8) is 0 Å². The fraction of sp³-hybridized carbons (Fsp3) is 0.625. The first-order valence-electron chi connectivity index (χ1n) is 3.92. The van der Waals surface area contributed by atoms with Gasteiger partial charge in [-0.05, 0) is 5.92 Å². The third-order valence-electron chi connectivity index (χ3n) is 1.62. The minimum atomic E-state index is -0.130. The van der Waals surface area contributed by atoms with Gasteiger partial charge in [-0.15, -0.1) is 0 Å². The van der Waals surface area contributed by atoms with Crippen LogP contribution in [0, 0.1) is 5.92 Å². The fourth-order valence-electron chi connectivity index (χ4n) is 0.705. The lowest BCUT2D eigenvalue weighted by atomic mass is 10.1. The summed E-state index contributed by atoms with van der Waals surface area (Å²) < 4.78 is 0. The van der Waals surface area contributed by atoms with Crippen molar-refractivity contribution in [3.8, 4) is 0 Å². The summed E-state index contributed by atoms with van der Waals surface area (Å²) in [6.45, 7) is 7.57. The summed E-state index contributed by atoms with van der Waals surface area (Å²) in [5, 5.41) is 1.29. The number of hydrogen-bond acceptors (Lipinski definition) is 3. The van der Waals surface area contributed by atoms with Crippen LogP contribution in [0.4, 0.5) is 0 Å². The van der Waals surface area contributed by atoms with E-state index < -0.39 is 0 Å². The standard InChI is InChI=1S/C8H17N3O/c1-6(2)7(3)8(12)11(9-4)10-5/h6,9-10H,3H2,1-2,4-5H3. The van der Waals surface area contributed by atoms with Crippen LogP contribution in [-0.4, -0.2) is 25.1 Å². The number of amides is 1. The molecule has 0 aromatic carbocycles. The Morgan fingerprint density at radius 1 is 1.33 bits per heavy atom. The van der Waals surface area contributed by atoms with Crippen LogP contribution in [0.3, 0.4) is 0 Å². The molecule has 0 saturated heterocycles. The molecule has 70 valence electrons. The molecule has 0 rings (SSSR count). The fourth-order valence-corrected chi connectivity index (χ4v) is 0.705. The van der Waals surface area contributed by atoms with Crippen molar-refractivity contribution >= 4 is 5.91 Å². The van der Waals surface area contributed by atoms with E-state index in [0.29, 0.717) is 5.57 Å². The molecular formula is C8H17N3O. The number of carbonyl (C=O) groups excluding carboxylic acids is 1. The first kappa shape index (κ1) is 11.1. The summed E-state index contributed by atoms with van der Waals surface area (Å²) in [6, 6.07) is 0. The van der Waals surface area contributed by atoms with Crippen LogP contribution in [-0.2, 0) is 4.79 Å². The molecule has 4 nitrogen and oxygen atoms in total. The predicted molar refractivity (Wildman–Crippen MR) is 48.9 cm³/mol. The monoisotopic (exact) mass is 171 g/mol. The summed E-state index contributed by atoms with van der Waals surface area (Å²) in [4.78, 5) is 11.4. The van der Waals surface area contributed by atoms with Gasteiger partial charge in [0, 0.05) is 19.7 Å². The average molecular weight is 171 g/mol. The van der Waals surface area contributed by atoms with Crippen LogP contribution in [0.1, 0.15) is 13.8 Å². The van der Waals surface area contributed by atoms with Crippen molar-refractivity contribution in [1.29, 1.82) is 0 Å². The van der Waals surface area contributed by atoms with Gasteiger partial charge in [-0.2, -0.15) is 0 Å². The highest BCUT2D eigenvalue weighted by Crippen LogP contribution is 2.07. The third kappa shape index (κ3) is 2.64. The van der Waals surface area contributed by atoms with Gasteiger partial charge < -0.3 is 0 Å². The Labute approximate surface area is 73.6 Å². The van der Waals surface area contributed by atoms with Crippen LogP contribution in [0.5, 0.6) is 0 Å². The molecule has 0 heterocycles. The van der Waals surface area contributed by atoms with Crippen molar-refractivity contribution in [2.24, 2.45) is 5.92 Å². The van der Waals surface area contributed by atoms with Crippen LogP contribution >= 0.6 is 0 Å². The molecule has 0 atom stereocenters. The Morgan fingerprint density at radius 3 is 2.00 bits per heavy atom. The van der Waals surface area contributed by atoms with E-state index in [4.69, 9.17) is 0 Å². The molecule has 0 spiro atoms. The van der Waals surface area contributed by atoms with Crippen molar-refractivity contribution < 1.29 is 4.79 Å². The Balaban J connectivity index is 4.26. The normalized spacial score (nSPS) is 10.1. The maximum Gasteiger partial charge on any atom is 0.278 e. The quantitative estimate of drug-likeness (QED) is 0.472. The molecule has 0 aromatic heterocycles. The van der Waals surface area contributed by atoms with E-state index in [0.717, 1.165) is 0 Å². The number of rotatable bonds is 4. The molecule has 4 heteroatoms. The second-order valence-corrected chi connectivity index (χ2v) is 2.77. The molecule has 12 heavy (non-hydrogen) atoms. The lowest BCUT2D eigenvalue weighted by Crippen LogP contribution is -2.49. The van der Waals surface area contributed by atoms with E-state index in [9.17, 15) is 4.79 Å². The van der Waals surface area contributed by atoms with Crippen molar-refractivity contribution in [3.05, 3.63) is 12.2 Å². The van der Waals surface area contributed by atoms with E-state index in [1.165, 1.54) is 5.12 Å². The van der Waals surface area contributed by atoms with Gasteiger partial charge in [0.05, 0.1) is 0 Å². The van der Waals surface area contributed by atoms with E-state index >= 15 is 0 Å². The van der Waals surface area contributed by atoms with Crippen LogP contribution in [0.15, 0.2) is 12.2 Å². The van der Waals surface area contributed by atoms with Gasteiger partial charge >= 0.3 is 0 Å². The summed E-state index contributed by atoms with van der Waals surface area (Å²) in [6.07, 6.45) is 0. The number of carbonyl (C=O) groups is 1. The topological polar surface area (TPSA) is 44.4 Å². The summed E-state index contributed by atoms with van der Waals surface area (Å²) >= 11 is 0. The van der Waals surface area contributed by atoms with Crippen LogP contribution < -0.4 is 10.9 Å². The van der Waals surface area contributed by atoms with Crippen LogP contribution in [0.25, 0.3) is 0 Å². The smallest absolute Gasteiger partial charge is 0.267 e. The Bertz CT molecular complexity index is 173. The maximum atomic E-state index is 11.4. The molecule has 0 radical (unpaired) electrons. The van der Waals surface area contributed by atoms with E-state index in [2.05, 4.69) is 17.4 Å². The molecule has 0 aliphatic heterocycles. The van der Waals surface area contributed by atoms with Gasteiger partial charge in [0.1, 0.15) is 0 Å². The van der Waals surface area contributed by atoms with Gasteiger partial charge in [0.2, 0.25) is 0 Å². The molecule has 0 aliphatic rings. The highest BCUT2D eigenvalue weighted by atomic mass is 16.2. The lowest BCUT2D eigenvalue weighted by Gasteiger charge is -2.21. The molecule has 0 aliphatic carbocycles. The average Bonchev–Trinajstić information content (AvgIpc) is 2.05. The number of nitrogens with zero attached hydrogens (tertiary/aromatic N) is 1. The second-order valence-electron chi connectivity index (χ2n) is 2.77. The zero-order chi connectivity index (χ0) is 9.72. The van der Waals surface area contributed by atoms with Crippen molar-refractivity contribution in [1.82, 2.24) is 16.0 Å². The third-order valence-corrected chi connectivity index (χ3v) is 1.62. The highest BCUT2D eigenvalue weighted by molar-refractivity contribution is 5.92. The predicted octanol–water partition coefficient (Wildman–Crippen LogP) is 0.296. The molecule has 1 amide bonds. The summed E-state index contributed by atoms with van der Waals surface area (Å²) in [5.41, 5.74) is 5.98. The zero-order valence-electron chi connectivity index (χ0n) is 8.14. The van der Waals surface area contributed by atoms with Gasteiger partial charge in [-0.1, -0.05) is 20.4 Å². The van der Waals surface area contributed by atoms with Gasteiger partial charge in [0.25, 0.3) is 5.91 Å². The second kappa shape index (κ2) is 4.90. The first-order chi connectivity index (χ1) is 5.54. The van der Waals surface area contributed by atoms with E-state index in [1.807, 2.05) is 13.8 Å². The molecule has 0 fully saturated rings. The molecule has 0 bridgehead atoms. The minimum Gasteiger partial charge on any atom is -0.267 e. The largest absolute Gasteiger partial charge is 0.278 e. The molecule has 0 saturated carbocycles. The number of hydrogen-bond donors (Lipinski definition) is 2. The highest BCUT2D eigenvalue weighted by Gasteiger charge is 2.15. The van der Waals surface area contributed by atoms with Gasteiger partial charge in [0.15, 0.2) is 0 Å². The van der Waals surface area contributed by atoms with Crippen LogP contribution in [0.2, 0.25) is 0 Å². The summed E-state index contributed by atoms with van der Waals surface area (Å²) in [7, 11) is 3.34. The SMILES string of the molecule is C=C(C(=O)N(NC)NC)C(C)C. The van der Waals surface area contributed by atoms with Crippen molar-refractivity contribution in [2.45, 2.75) is 13.8 Å². The molecule has 2 N–H and O–H groups in total. The lowest BCUT2D eigenvalue weighted by molar-refractivity contribution is -0.133. The summed E-state index contributed by atoms with van der Waals surface area (Å²) in [5.74, 6) is 0.0386.